The molecule has 0 saturated heterocycles. The van der Waals surface area contributed by atoms with Crippen molar-refractivity contribution in [2.75, 3.05) is 0 Å². The van der Waals surface area contributed by atoms with Crippen LogP contribution in [0.2, 0.25) is 0 Å². The van der Waals surface area contributed by atoms with Crippen LogP contribution in [0.25, 0.3) is 11.4 Å². The van der Waals surface area contributed by atoms with Crippen molar-refractivity contribution in [1.82, 2.24) is 19.9 Å². The van der Waals surface area contributed by atoms with Gasteiger partial charge >= 0.3 is 0 Å². The maximum Gasteiger partial charge on any atom is 0.116 e. The van der Waals surface area contributed by atoms with E-state index < -0.39 is 0 Å². The van der Waals surface area contributed by atoms with Crippen molar-refractivity contribution in [3.05, 3.63) is 30.6 Å². The first-order valence-electron chi connectivity index (χ1n) is 3.64. The molecule has 0 aliphatic carbocycles. The Morgan fingerprint density at radius 1 is 1.33 bits per heavy atom. The molecule has 0 radical (unpaired) electrons. The van der Waals surface area contributed by atoms with Crippen LogP contribution in [0.3, 0.4) is 0 Å². The maximum atomic E-state index is 4.08. The van der Waals surface area contributed by atoms with E-state index in [0.29, 0.717) is 0 Å². The number of rotatable bonds is 1. The highest BCUT2D eigenvalue weighted by Gasteiger charge is 1.99. The van der Waals surface area contributed by atoms with Gasteiger partial charge in [0.15, 0.2) is 0 Å². The van der Waals surface area contributed by atoms with Gasteiger partial charge in [-0.3, -0.25) is 0 Å². The average molecular weight is 160 g/mol. The van der Waals surface area contributed by atoms with Gasteiger partial charge in [-0.2, -0.15) is 0 Å². The van der Waals surface area contributed by atoms with Crippen molar-refractivity contribution in [2.24, 2.45) is 0 Å². The van der Waals surface area contributed by atoms with Crippen LogP contribution in [0, 0.1) is 6.92 Å². The lowest BCUT2D eigenvalue weighted by atomic mass is 10.3. The molecule has 2 aromatic rings. The molecule has 2 aromatic heterocycles. The molecular weight excluding hydrogens is 152 g/mol. The fourth-order valence-corrected chi connectivity index (χ4v) is 1.00. The Bertz CT molecular complexity index is 366. The summed E-state index contributed by atoms with van der Waals surface area (Å²) in [6, 6.07) is 1.84. The van der Waals surface area contributed by atoms with E-state index in [2.05, 4.69) is 19.9 Å². The highest BCUT2D eigenvalue weighted by Crippen LogP contribution is 2.11. The Morgan fingerprint density at radius 3 is 2.83 bits per heavy atom. The molecule has 0 aliphatic rings. The van der Waals surface area contributed by atoms with Crippen molar-refractivity contribution in [3.8, 4) is 11.4 Å². The van der Waals surface area contributed by atoms with Gasteiger partial charge in [0.2, 0.25) is 0 Å². The lowest BCUT2D eigenvalue weighted by Gasteiger charge is -1.92. The summed E-state index contributed by atoms with van der Waals surface area (Å²) in [4.78, 5) is 15.1. The highest BCUT2D eigenvalue weighted by molar-refractivity contribution is 5.51. The second kappa shape index (κ2) is 2.73. The summed E-state index contributed by atoms with van der Waals surface area (Å²) in [7, 11) is 0. The summed E-state index contributed by atoms with van der Waals surface area (Å²) >= 11 is 0. The number of nitrogens with one attached hydrogen (secondary N) is 1. The number of aromatic nitrogens is 4. The number of hydrogen-bond donors (Lipinski definition) is 1. The van der Waals surface area contributed by atoms with Crippen LogP contribution in [0.15, 0.2) is 24.8 Å². The minimum Gasteiger partial charge on any atom is -0.341 e. The molecule has 0 atom stereocenters. The number of hydrogen-bond acceptors (Lipinski definition) is 3. The number of imidazole rings is 1. The van der Waals surface area contributed by atoms with E-state index in [4.69, 9.17) is 0 Å². The van der Waals surface area contributed by atoms with Crippen LogP contribution >= 0.6 is 0 Å². The van der Waals surface area contributed by atoms with E-state index in [-0.39, 0.29) is 0 Å². The Labute approximate surface area is 69.7 Å². The van der Waals surface area contributed by atoms with Gasteiger partial charge in [0.05, 0.1) is 17.6 Å². The van der Waals surface area contributed by atoms with Gasteiger partial charge in [0.25, 0.3) is 0 Å². The van der Waals surface area contributed by atoms with Crippen molar-refractivity contribution in [1.29, 1.82) is 0 Å². The highest BCUT2D eigenvalue weighted by atomic mass is 14.9. The molecule has 2 rings (SSSR count). The summed E-state index contributed by atoms with van der Waals surface area (Å²) in [6.45, 7) is 1.91. The number of aryl methyl sites for hydroxylation is 1. The molecule has 4 heteroatoms. The lowest BCUT2D eigenvalue weighted by Crippen LogP contribution is -1.83. The van der Waals surface area contributed by atoms with Crippen molar-refractivity contribution >= 4 is 0 Å². The molecule has 12 heavy (non-hydrogen) atoms. The molecule has 0 aliphatic heterocycles. The molecule has 2 heterocycles. The van der Waals surface area contributed by atoms with E-state index in [1.807, 2.05) is 13.0 Å². The Morgan fingerprint density at radius 2 is 2.25 bits per heavy atom. The fourth-order valence-electron chi connectivity index (χ4n) is 1.00. The third-order valence-corrected chi connectivity index (χ3v) is 1.56. The Hall–Kier alpha value is -1.71. The predicted octanol–water partition coefficient (Wildman–Crippen LogP) is 1.18. The first-order valence-corrected chi connectivity index (χ1v) is 3.64. The molecule has 4 nitrogen and oxygen atoms in total. The second-order valence-corrected chi connectivity index (χ2v) is 2.48. The van der Waals surface area contributed by atoms with Gasteiger partial charge in [-0.15, -0.1) is 0 Å². The number of aromatic amines is 1. The topological polar surface area (TPSA) is 54.5 Å². The van der Waals surface area contributed by atoms with Crippen molar-refractivity contribution in [2.45, 2.75) is 6.92 Å². The molecule has 0 aromatic carbocycles. The van der Waals surface area contributed by atoms with E-state index in [9.17, 15) is 0 Å². The van der Waals surface area contributed by atoms with Gasteiger partial charge in [-0.25, -0.2) is 15.0 Å². The smallest absolute Gasteiger partial charge is 0.116 e. The molecule has 0 spiro atoms. The first kappa shape index (κ1) is 6.97. The van der Waals surface area contributed by atoms with Crippen LogP contribution < -0.4 is 0 Å². The zero-order valence-electron chi connectivity index (χ0n) is 6.65. The van der Waals surface area contributed by atoms with E-state index in [1.165, 1.54) is 6.33 Å². The minimum absolute atomic E-state index is 0.866. The summed E-state index contributed by atoms with van der Waals surface area (Å²) in [6.07, 6.45) is 4.99. The summed E-state index contributed by atoms with van der Waals surface area (Å²) in [5.74, 6) is 0.892. The van der Waals surface area contributed by atoms with E-state index in [1.54, 1.807) is 12.4 Å². The predicted molar refractivity (Wildman–Crippen MR) is 44.4 cm³/mol. The van der Waals surface area contributed by atoms with E-state index in [0.717, 1.165) is 17.2 Å². The molecule has 0 amide bonds. The molecule has 0 bridgehead atoms. The van der Waals surface area contributed by atoms with Crippen LogP contribution in [0.4, 0.5) is 0 Å². The lowest BCUT2D eigenvalue weighted by molar-refractivity contribution is 1.13. The summed E-state index contributed by atoms with van der Waals surface area (Å²) in [5.41, 5.74) is 1.79. The molecule has 0 fully saturated rings. The van der Waals surface area contributed by atoms with Crippen LogP contribution in [-0.4, -0.2) is 19.9 Å². The number of H-pyrrole nitrogens is 1. The van der Waals surface area contributed by atoms with Crippen LogP contribution in [0.1, 0.15) is 5.82 Å². The summed E-state index contributed by atoms with van der Waals surface area (Å²) < 4.78 is 0. The Kier molecular flexibility index (Phi) is 1.59. The normalized spacial score (nSPS) is 10.1. The van der Waals surface area contributed by atoms with Gasteiger partial charge in [-0.1, -0.05) is 0 Å². The molecule has 1 N–H and O–H groups in total. The molecular formula is C8H8N4. The van der Waals surface area contributed by atoms with E-state index >= 15 is 0 Å². The van der Waals surface area contributed by atoms with Crippen LogP contribution in [-0.2, 0) is 0 Å². The quantitative estimate of drug-likeness (QED) is 0.681. The van der Waals surface area contributed by atoms with Gasteiger partial charge < -0.3 is 4.98 Å². The maximum absolute atomic E-state index is 4.08. The molecule has 60 valence electrons. The standard InChI is InChI=1S/C8H8N4/c1-6-10-4-8(12-6)7-2-3-9-5-11-7/h2-5H,1H3,(H,10,12). The zero-order valence-corrected chi connectivity index (χ0v) is 6.65. The summed E-state index contributed by atoms with van der Waals surface area (Å²) in [5, 5.41) is 0. The third kappa shape index (κ3) is 1.18. The largest absolute Gasteiger partial charge is 0.341 e. The van der Waals surface area contributed by atoms with Crippen molar-refractivity contribution in [3.63, 3.8) is 0 Å². The second-order valence-electron chi connectivity index (χ2n) is 2.48. The molecule has 0 unspecified atom stereocenters. The van der Waals surface area contributed by atoms with Gasteiger partial charge in [0.1, 0.15) is 12.2 Å². The van der Waals surface area contributed by atoms with Crippen molar-refractivity contribution < 1.29 is 0 Å². The first-order chi connectivity index (χ1) is 5.86. The third-order valence-electron chi connectivity index (χ3n) is 1.56. The fraction of sp³-hybridized carbons (Fsp3) is 0.125. The van der Waals surface area contributed by atoms with Crippen LogP contribution in [0.5, 0.6) is 0 Å². The molecule has 0 saturated carbocycles. The van der Waals surface area contributed by atoms with Gasteiger partial charge in [0, 0.05) is 6.20 Å². The monoisotopic (exact) mass is 160 g/mol. The minimum atomic E-state index is 0.866. The Balaban J connectivity index is 2.45. The number of nitrogens with zero attached hydrogens (tertiary/aromatic N) is 3. The zero-order chi connectivity index (χ0) is 8.39. The SMILES string of the molecule is Cc1ncc(-c2ccncn2)[nH]1. The average Bonchev–Trinajstić information content (AvgIpc) is 2.54. The van der Waals surface area contributed by atoms with Gasteiger partial charge in [-0.05, 0) is 13.0 Å².